The summed E-state index contributed by atoms with van der Waals surface area (Å²) in [6.45, 7) is 4.49. The Morgan fingerprint density at radius 2 is 1.93 bits per heavy atom. The van der Waals surface area contributed by atoms with Gasteiger partial charge in [-0.3, -0.25) is 4.79 Å². The number of rotatable bonds is 6. The molecule has 0 fully saturated rings. The lowest BCUT2D eigenvalue weighted by Crippen LogP contribution is -2.35. The molecule has 5 heteroatoms. The molecule has 2 aromatic carbocycles. The number of likely N-dealkylation sites (N-methyl/N-ethyl adjacent to an activating group) is 1. The topological polar surface area (TPSA) is 45.5 Å². The number of halogens is 1. The fourth-order valence-electron chi connectivity index (χ4n) is 3.23. The summed E-state index contributed by atoms with van der Waals surface area (Å²) in [6.07, 6.45) is 1.90. The van der Waals surface area contributed by atoms with Crippen molar-refractivity contribution >= 4 is 16.9 Å². The lowest BCUT2D eigenvalue weighted by atomic mass is 10.0. The minimum atomic E-state index is -0.277. The zero-order valence-electron chi connectivity index (χ0n) is 16.2. The number of fused-ring (bicyclic) bond motifs is 1. The van der Waals surface area contributed by atoms with Crippen molar-refractivity contribution in [2.45, 2.75) is 26.3 Å². The van der Waals surface area contributed by atoms with E-state index in [9.17, 15) is 9.18 Å². The molecular formula is C22H25FN2O2. The molecule has 1 amide bonds. The van der Waals surface area contributed by atoms with Gasteiger partial charge in [0, 0.05) is 17.5 Å². The number of nitrogens with zero attached hydrogens (tertiary/aromatic N) is 1. The Kier molecular flexibility index (Phi) is 5.61. The number of carbonyl (C=O) groups excluding carboxylic acids is 1. The molecule has 27 heavy (non-hydrogen) atoms. The van der Waals surface area contributed by atoms with E-state index in [1.54, 1.807) is 12.3 Å². The van der Waals surface area contributed by atoms with Gasteiger partial charge in [0.25, 0.3) is 0 Å². The van der Waals surface area contributed by atoms with E-state index in [1.165, 1.54) is 17.7 Å². The van der Waals surface area contributed by atoms with Gasteiger partial charge in [-0.2, -0.15) is 0 Å². The summed E-state index contributed by atoms with van der Waals surface area (Å²) in [6, 6.07) is 10.4. The van der Waals surface area contributed by atoms with Crippen molar-refractivity contribution in [2.24, 2.45) is 0 Å². The summed E-state index contributed by atoms with van der Waals surface area (Å²) >= 11 is 0. The van der Waals surface area contributed by atoms with Crippen LogP contribution in [-0.4, -0.2) is 31.4 Å². The van der Waals surface area contributed by atoms with Crippen LogP contribution < -0.4 is 5.32 Å². The highest BCUT2D eigenvalue weighted by Crippen LogP contribution is 2.25. The largest absolute Gasteiger partial charge is 0.464 e. The van der Waals surface area contributed by atoms with Crippen molar-refractivity contribution in [1.82, 2.24) is 10.2 Å². The van der Waals surface area contributed by atoms with Crippen LogP contribution in [0.2, 0.25) is 0 Å². The summed E-state index contributed by atoms with van der Waals surface area (Å²) in [4.78, 5) is 14.5. The van der Waals surface area contributed by atoms with Crippen molar-refractivity contribution in [3.63, 3.8) is 0 Å². The quantitative estimate of drug-likeness (QED) is 0.711. The molecule has 1 heterocycles. The van der Waals surface area contributed by atoms with Crippen molar-refractivity contribution in [2.75, 3.05) is 20.6 Å². The second-order valence-electron chi connectivity index (χ2n) is 7.21. The lowest BCUT2D eigenvalue weighted by Gasteiger charge is -2.25. The van der Waals surface area contributed by atoms with E-state index >= 15 is 0 Å². The zero-order valence-corrected chi connectivity index (χ0v) is 16.2. The van der Waals surface area contributed by atoms with E-state index in [0.717, 1.165) is 27.7 Å². The van der Waals surface area contributed by atoms with Crippen LogP contribution in [0.25, 0.3) is 11.0 Å². The first-order chi connectivity index (χ1) is 12.8. The standard InChI is InChI=1S/C22H25FN2O2/c1-14-8-19-17(13-27-21(19)9-15(14)2)11-22(26)24-12-20(25(3)4)16-6-5-7-18(23)10-16/h5-10,13,20H,11-12H2,1-4H3,(H,24,26). The first-order valence-electron chi connectivity index (χ1n) is 9.01. The van der Waals surface area contributed by atoms with Crippen molar-refractivity contribution < 1.29 is 13.6 Å². The van der Waals surface area contributed by atoms with Crippen LogP contribution in [0.3, 0.4) is 0 Å². The van der Waals surface area contributed by atoms with E-state index < -0.39 is 0 Å². The van der Waals surface area contributed by atoms with Crippen molar-refractivity contribution in [1.29, 1.82) is 0 Å². The van der Waals surface area contributed by atoms with Gasteiger partial charge >= 0.3 is 0 Å². The van der Waals surface area contributed by atoms with Crippen molar-refractivity contribution in [3.05, 3.63) is 70.7 Å². The third-order valence-corrected chi connectivity index (χ3v) is 4.97. The van der Waals surface area contributed by atoms with Gasteiger partial charge in [0.15, 0.2) is 0 Å². The molecule has 1 atom stereocenters. The average Bonchev–Trinajstić information content (AvgIpc) is 2.97. The molecule has 0 radical (unpaired) electrons. The summed E-state index contributed by atoms with van der Waals surface area (Å²) < 4.78 is 19.1. The molecule has 1 unspecified atom stereocenters. The van der Waals surface area contributed by atoms with Crippen molar-refractivity contribution in [3.8, 4) is 0 Å². The fourth-order valence-corrected chi connectivity index (χ4v) is 3.23. The van der Waals surface area contributed by atoms with Gasteiger partial charge in [0.2, 0.25) is 5.91 Å². The average molecular weight is 368 g/mol. The van der Waals surface area contributed by atoms with Crippen LogP contribution in [0.15, 0.2) is 47.1 Å². The Bertz CT molecular complexity index is 962. The second kappa shape index (κ2) is 7.92. The summed E-state index contributed by atoms with van der Waals surface area (Å²) in [5.74, 6) is -0.361. The molecule has 1 aromatic heterocycles. The Morgan fingerprint density at radius 3 is 2.63 bits per heavy atom. The third kappa shape index (κ3) is 4.37. The smallest absolute Gasteiger partial charge is 0.224 e. The SMILES string of the molecule is Cc1cc2occ(CC(=O)NCC(c3cccc(F)c3)N(C)C)c2cc1C. The highest BCUT2D eigenvalue weighted by atomic mass is 19.1. The van der Waals surface area contributed by atoms with Crippen LogP contribution in [0.5, 0.6) is 0 Å². The zero-order chi connectivity index (χ0) is 19.6. The third-order valence-electron chi connectivity index (χ3n) is 4.97. The monoisotopic (exact) mass is 368 g/mol. The molecule has 0 aliphatic rings. The molecule has 0 aliphatic heterocycles. The maximum Gasteiger partial charge on any atom is 0.224 e. The van der Waals surface area contributed by atoms with Gasteiger partial charge in [-0.15, -0.1) is 0 Å². The number of amides is 1. The Labute approximate surface area is 159 Å². The molecule has 0 saturated carbocycles. The number of hydrogen-bond acceptors (Lipinski definition) is 3. The summed E-state index contributed by atoms with van der Waals surface area (Å²) in [5, 5.41) is 3.94. The molecule has 142 valence electrons. The van der Waals surface area contributed by atoms with Gasteiger partial charge in [-0.25, -0.2) is 4.39 Å². The summed E-state index contributed by atoms with van der Waals surface area (Å²) in [7, 11) is 3.83. The number of nitrogens with one attached hydrogen (secondary N) is 1. The van der Waals surface area contributed by atoms with E-state index in [4.69, 9.17) is 4.42 Å². The van der Waals surface area contributed by atoms with Gasteiger partial charge in [0.1, 0.15) is 11.4 Å². The minimum absolute atomic E-state index is 0.0841. The normalized spacial score (nSPS) is 12.5. The number of carbonyl (C=O) groups is 1. The van der Waals surface area contributed by atoms with Crippen LogP contribution in [0.4, 0.5) is 4.39 Å². The second-order valence-corrected chi connectivity index (χ2v) is 7.21. The molecule has 4 nitrogen and oxygen atoms in total. The molecule has 0 bridgehead atoms. The van der Waals surface area contributed by atoms with E-state index in [2.05, 4.69) is 11.4 Å². The predicted molar refractivity (Wildman–Crippen MR) is 105 cm³/mol. The molecule has 1 N–H and O–H groups in total. The maximum absolute atomic E-state index is 13.5. The van der Waals surface area contributed by atoms with Crippen LogP contribution in [0.1, 0.15) is 28.3 Å². The molecular weight excluding hydrogens is 343 g/mol. The van der Waals surface area contributed by atoms with Crippen LogP contribution >= 0.6 is 0 Å². The Hall–Kier alpha value is -2.66. The highest BCUT2D eigenvalue weighted by Gasteiger charge is 2.17. The summed E-state index contributed by atoms with van der Waals surface area (Å²) in [5.41, 5.74) is 4.84. The fraction of sp³-hybridized carbons (Fsp3) is 0.318. The minimum Gasteiger partial charge on any atom is -0.464 e. The van der Waals surface area contributed by atoms with E-state index in [0.29, 0.717) is 6.54 Å². The lowest BCUT2D eigenvalue weighted by molar-refractivity contribution is -0.120. The van der Waals surface area contributed by atoms with Crippen LogP contribution in [0, 0.1) is 19.7 Å². The molecule has 0 spiro atoms. The molecule has 3 rings (SSSR count). The van der Waals surface area contributed by atoms with Gasteiger partial charge in [-0.1, -0.05) is 12.1 Å². The van der Waals surface area contributed by atoms with E-state index in [-0.39, 0.29) is 24.2 Å². The van der Waals surface area contributed by atoms with E-state index in [1.807, 2.05) is 45.0 Å². The molecule has 0 aliphatic carbocycles. The Balaban J connectivity index is 1.69. The number of furan rings is 1. The van der Waals surface area contributed by atoms with Gasteiger partial charge in [0.05, 0.1) is 18.7 Å². The molecule has 3 aromatic rings. The van der Waals surface area contributed by atoms with Gasteiger partial charge in [-0.05, 0) is 68.9 Å². The molecule has 0 saturated heterocycles. The van der Waals surface area contributed by atoms with Gasteiger partial charge < -0.3 is 14.6 Å². The first-order valence-corrected chi connectivity index (χ1v) is 9.01. The Morgan fingerprint density at radius 1 is 1.19 bits per heavy atom. The van der Waals surface area contributed by atoms with Crippen LogP contribution in [-0.2, 0) is 11.2 Å². The highest BCUT2D eigenvalue weighted by molar-refractivity contribution is 5.88. The predicted octanol–water partition coefficient (Wildman–Crippen LogP) is 4.15. The number of benzene rings is 2. The maximum atomic E-state index is 13.5. The number of hydrogen-bond donors (Lipinski definition) is 1. The number of aryl methyl sites for hydroxylation is 2. The first kappa shape index (κ1) is 19.1.